The monoisotopic (exact) mass is 364 g/mol. The van der Waals surface area contributed by atoms with E-state index in [1.165, 1.54) is 14.8 Å². The molecule has 0 radical (unpaired) electrons. The molecule has 0 aliphatic rings. The standard InChI is InChI=1S/C18H28N4S2/c1-13(11-16-9-8-15(3)24-16)22-18(19-4)20-10-6-5-7-17-21-14(2)12-23-17/h8-9,12-13H,5-7,10-11H2,1-4H3,(H2,19,20,22). The zero-order chi connectivity index (χ0) is 17.4. The Morgan fingerprint density at radius 1 is 1.29 bits per heavy atom. The Hall–Kier alpha value is -1.40. The van der Waals surface area contributed by atoms with Crippen molar-refractivity contribution >= 4 is 28.6 Å². The molecule has 4 nitrogen and oxygen atoms in total. The third-order valence-electron chi connectivity index (χ3n) is 3.69. The third kappa shape index (κ3) is 6.61. The molecule has 2 aromatic heterocycles. The smallest absolute Gasteiger partial charge is 0.191 e. The van der Waals surface area contributed by atoms with Gasteiger partial charge in [0.25, 0.3) is 0 Å². The first-order chi connectivity index (χ1) is 11.6. The molecule has 0 fully saturated rings. The van der Waals surface area contributed by atoms with Gasteiger partial charge in [0.15, 0.2) is 5.96 Å². The van der Waals surface area contributed by atoms with E-state index in [0.29, 0.717) is 6.04 Å². The highest BCUT2D eigenvalue weighted by molar-refractivity contribution is 7.11. The van der Waals surface area contributed by atoms with Crippen LogP contribution in [0.1, 0.15) is 40.2 Å². The third-order valence-corrected chi connectivity index (χ3v) is 5.74. The van der Waals surface area contributed by atoms with E-state index in [1.54, 1.807) is 11.3 Å². The molecule has 0 amide bonds. The minimum atomic E-state index is 0.368. The summed E-state index contributed by atoms with van der Waals surface area (Å²) < 4.78 is 0. The van der Waals surface area contributed by atoms with Gasteiger partial charge < -0.3 is 10.6 Å². The second-order valence-electron chi connectivity index (χ2n) is 6.10. The van der Waals surface area contributed by atoms with Crippen molar-refractivity contribution < 1.29 is 0 Å². The lowest BCUT2D eigenvalue weighted by atomic mass is 10.2. The SMILES string of the molecule is CN=C(NCCCCc1nc(C)cs1)NC(C)Cc1ccc(C)s1. The fraction of sp³-hybridized carbons (Fsp3) is 0.556. The average molecular weight is 365 g/mol. The highest BCUT2D eigenvalue weighted by atomic mass is 32.1. The van der Waals surface area contributed by atoms with Crippen LogP contribution < -0.4 is 10.6 Å². The number of hydrogen-bond acceptors (Lipinski definition) is 4. The Morgan fingerprint density at radius 3 is 2.75 bits per heavy atom. The maximum absolute atomic E-state index is 4.50. The molecule has 0 spiro atoms. The highest BCUT2D eigenvalue weighted by Crippen LogP contribution is 2.16. The fourth-order valence-electron chi connectivity index (χ4n) is 2.50. The number of nitrogens with one attached hydrogen (secondary N) is 2. The average Bonchev–Trinajstić information content (AvgIpc) is 3.14. The van der Waals surface area contributed by atoms with Gasteiger partial charge in [0.1, 0.15) is 0 Å². The van der Waals surface area contributed by atoms with Crippen LogP contribution in [0.4, 0.5) is 0 Å². The van der Waals surface area contributed by atoms with Gasteiger partial charge in [-0.05, 0) is 52.2 Å². The van der Waals surface area contributed by atoms with Crippen molar-refractivity contribution in [3.05, 3.63) is 38.0 Å². The normalized spacial score (nSPS) is 13.1. The first-order valence-corrected chi connectivity index (χ1v) is 10.2. The summed E-state index contributed by atoms with van der Waals surface area (Å²) in [6, 6.07) is 4.77. The summed E-state index contributed by atoms with van der Waals surface area (Å²) in [6.07, 6.45) is 4.38. The molecule has 1 atom stereocenters. The number of guanidine groups is 1. The van der Waals surface area contributed by atoms with Crippen molar-refractivity contribution in [2.24, 2.45) is 4.99 Å². The van der Waals surface area contributed by atoms with Gasteiger partial charge in [-0.25, -0.2) is 4.98 Å². The van der Waals surface area contributed by atoms with Crippen LogP contribution in [-0.2, 0) is 12.8 Å². The summed E-state index contributed by atoms with van der Waals surface area (Å²) in [4.78, 5) is 11.6. The molecule has 0 saturated carbocycles. The topological polar surface area (TPSA) is 49.3 Å². The van der Waals surface area contributed by atoms with E-state index in [4.69, 9.17) is 0 Å². The van der Waals surface area contributed by atoms with Gasteiger partial charge in [0.2, 0.25) is 0 Å². The molecule has 0 bridgehead atoms. The zero-order valence-corrected chi connectivity index (χ0v) is 16.7. The molecule has 1 unspecified atom stereocenters. The van der Waals surface area contributed by atoms with Crippen LogP contribution in [0.25, 0.3) is 0 Å². The molecule has 0 aliphatic heterocycles. The van der Waals surface area contributed by atoms with Crippen LogP contribution in [0.5, 0.6) is 0 Å². The van der Waals surface area contributed by atoms with Crippen LogP contribution in [0.2, 0.25) is 0 Å². The molecule has 0 aliphatic carbocycles. The molecule has 2 N–H and O–H groups in total. The minimum absolute atomic E-state index is 0.368. The second kappa shape index (κ2) is 9.79. The Morgan fingerprint density at radius 2 is 2.12 bits per heavy atom. The van der Waals surface area contributed by atoms with Gasteiger partial charge in [0, 0.05) is 46.9 Å². The van der Waals surface area contributed by atoms with Crippen molar-refractivity contribution in [2.75, 3.05) is 13.6 Å². The predicted molar refractivity (Wildman–Crippen MR) is 107 cm³/mol. The Labute approximate surface area is 153 Å². The molecule has 2 rings (SSSR count). The van der Waals surface area contributed by atoms with Crippen molar-refractivity contribution in [3.8, 4) is 0 Å². The first-order valence-electron chi connectivity index (χ1n) is 8.50. The lowest BCUT2D eigenvalue weighted by Crippen LogP contribution is -2.43. The van der Waals surface area contributed by atoms with Crippen molar-refractivity contribution in [1.29, 1.82) is 0 Å². The summed E-state index contributed by atoms with van der Waals surface area (Å²) in [6.45, 7) is 7.34. The largest absolute Gasteiger partial charge is 0.356 e. The van der Waals surface area contributed by atoms with E-state index in [1.807, 2.05) is 18.4 Å². The summed E-state index contributed by atoms with van der Waals surface area (Å²) in [7, 11) is 1.83. The molecule has 6 heteroatoms. The van der Waals surface area contributed by atoms with E-state index in [2.05, 4.69) is 58.9 Å². The molecule has 0 aromatic carbocycles. The van der Waals surface area contributed by atoms with Gasteiger partial charge in [-0.15, -0.1) is 22.7 Å². The summed E-state index contributed by atoms with van der Waals surface area (Å²) in [5, 5.41) is 10.2. The van der Waals surface area contributed by atoms with E-state index >= 15 is 0 Å². The second-order valence-corrected chi connectivity index (χ2v) is 8.42. The molecule has 2 heterocycles. The fourth-order valence-corrected chi connectivity index (χ4v) is 4.34. The van der Waals surface area contributed by atoms with Crippen LogP contribution in [0, 0.1) is 13.8 Å². The van der Waals surface area contributed by atoms with E-state index < -0.39 is 0 Å². The lowest BCUT2D eigenvalue weighted by Gasteiger charge is -2.17. The Kier molecular flexibility index (Phi) is 7.72. The number of hydrogen-bond donors (Lipinski definition) is 2. The minimum Gasteiger partial charge on any atom is -0.356 e. The number of aromatic nitrogens is 1. The van der Waals surface area contributed by atoms with Crippen LogP contribution in [0.15, 0.2) is 22.5 Å². The molecular weight excluding hydrogens is 336 g/mol. The van der Waals surface area contributed by atoms with Crippen molar-refractivity contribution in [3.63, 3.8) is 0 Å². The summed E-state index contributed by atoms with van der Waals surface area (Å²) in [5.41, 5.74) is 1.13. The Bertz CT molecular complexity index is 645. The maximum atomic E-state index is 4.50. The van der Waals surface area contributed by atoms with Crippen LogP contribution >= 0.6 is 22.7 Å². The van der Waals surface area contributed by atoms with E-state index in [-0.39, 0.29) is 0 Å². The maximum Gasteiger partial charge on any atom is 0.191 e. The molecule has 132 valence electrons. The first kappa shape index (κ1) is 18.9. The van der Waals surface area contributed by atoms with Gasteiger partial charge >= 0.3 is 0 Å². The van der Waals surface area contributed by atoms with Crippen molar-refractivity contribution in [2.45, 2.75) is 52.5 Å². The predicted octanol–water partition coefficient (Wildman–Crippen LogP) is 3.94. The number of rotatable bonds is 8. The van der Waals surface area contributed by atoms with Gasteiger partial charge in [-0.3, -0.25) is 4.99 Å². The zero-order valence-electron chi connectivity index (χ0n) is 15.1. The number of aryl methyl sites for hydroxylation is 3. The highest BCUT2D eigenvalue weighted by Gasteiger charge is 2.07. The molecular formula is C18H28N4S2. The van der Waals surface area contributed by atoms with Gasteiger partial charge in [-0.1, -0.05) is 0 Å². The summed E-state index contributed by atoms with van der Waals surface area (Å²) in [5.74, 6) is 0.890. The van der Waals surface area contributed by atoms with Crippen molar-refractivity contribution in [1.82, 2.24) is 15.6 Å². The molecule has 0 saturated heterocycles. The number of thiophene rings is 1. The van der Waals surface area contributed by atoms with Gasteiger partial charge in [-0.2, -0.15) is 0 Å². The quantitative estimate of drug-likeness (QED) is 0.424. The number of unbranched alkanes of at least 4 members (excludes halogenated alkanes) is 1. The lowest BCUT2D eigenvalue weighted by molar-refractivity contribution is 0.633. The van der Waals surface area contributed by atoms with E-state index in [0.717, 1.165) is 43.9 Å². The number of thiazole rings is 1. The van der Waals surface area contributed by atoms with Crippen LogP contribution in [-0.4, -0.2) is 30.6 Å². The number of aliphatic imine (C=N–C) groups is 1. The Balaban J connectivity index is 1.62. The van der Waals surface area contributed by atoms with Crippen LogP contribution in [0.3, 0.4) is 0 Å². The summed E-state index contributed by atoms with van der Waals surface area (Å²) >= 11 is 3.63. The van der Waals surface area contributed by atoms with Gasteiger partial charge in [0.05, 0.1) is 5.01 Å². The van der Waals surface area contributed by atoms with E-state index in [9.17, 15) is 0 Å². The molecule has 2 aromatic rings. The molecule has 24 heavy (non-hydrogen) atoms. The number of nitrogens with zero attached hydrogens (tertiary/aromatic N) is 2.